The molecule has 0 atom stereocenters. The molecule has 0 bridgehead atoms. The van der Waals surface area contributed by atoms with Gasteiger partial charge in [0.15, 0.2) is 0 Å². The first-order valence-electron chi connectivity index (χ1n) is 5.94. The molecular formula is C14H17N3. The number of aromatic nitrogens is 2. The smallest absolute Gasteiger partial charge is 0.0499 e. The number of anilines is 1. The van der Waals surface area contributed by atoms with Gasteiger partial charge in [-0.15, -0.1) is 0 Å². The molecule has 3 nitrogen and oxygen atoms in total. The van der Waals surface area contributed by atoms with Gasteiger partial charge in [0.25, 0.3) is 0 Å². The van der Waals surface area contributed by atoms with E-state index in [1.165, 1.54) is 0 Å². The van der Waals surface area contributed by atoms with Crippen LogP contribution in [0.1, 0.15) is 25.2 Å². The second kappa shape index (κ2) is 4.95. The second-order valence-corrected chi connectivity index (χ2v) is 3.96. The summed E-state index contributed by atoms with van der Waals surface area (Å²) in [5, 5.41) is 0. The highest BCUT2D eigenvalue weighted by atomic mass is 14.7. The van der Waals surface area contributed by atoms with E-state index in [1.54, 1.807) is 6.20 Å². The summed E-state index contributed by atoms with van der Waals surface area (Å²) in [6.45, 7) is 4.19. The summed E-state index contributed by atoms with van der Waals surface area (Å²) in [5.74, 6) is 0. The molecule has 0 radical (unpaired) electrons. The summed E-state index contributed by atoms with van der Waals surface area (Å²) < 4.78 is 0. The Balaban J connectivity index is 2.58. The Labute approximate surface area is 102 Å². The van der Waals surface area contributed by atoms with Gasteiger partial charge in [-0.3, -0.25) is 9.97 Å². The van der Waals surface area contributed by atoms with E-state index in [0.29, 0.717) is 0 Å². The Kier molecular flexibility index (Phi) is 3.38. The monoisotopic (exact) mass is 227 g/mol. The first-order chi connectivity index (χ1) is 8.26. The lowest BCUT2D eigenvalue weighted by Crippen LogP contribution is -1.99. The molecule has 0 fully saturated rings. The molecule has 0 aliphatic carbocycles. The molecule has 2 rings (SSSR count). The number of aryl methyl sites for hydroxylation is 2. The number of nitrogens with zero attached hydrogens (tertiary/aromatic N) is 2. The Morgan fingerprint density at radius 3 is 2.53 bits per heavy atom. The zero-order valence-electron chi connectivity index (χ0n) is 10.3. The number of rotatable bonds is 3. The predicted molar refractivity (Wildman–Crippen MR) is 70.6 cm³/mol. The van der Waals surface area contributed by atoms with Gasteiger partial charge in [-0.05, 0) is 36.6 Å². The first kappa shape index (κ1) is 11.6. The third-order valence-electron chi connectivity index (χ3n) is 2.86. The van der Waals surface area contributed by atoms with Crippen molar-refractivity contribution in [3.63, 3.8) is 0 Å². The zero-order chi connectivity index (χ0) is 12.3. The second-order valence-electron chi connectivity index (χ2n) is 3.96. The van der Waals surface area contributed by atoms with E-state index < -0.39 is 0 Å². The maximum atomic E-state index is 6.06. The molecule has 3 heteroatoms. The lowest BCUT2D eigenvalue weighted by molar-refractivity contribution is 1.02. The fourth-order valence-corrected chi connectivity index (χ4v) is 1.95. The van der Waals surface area contributed by atoms with Gasteiger partial charge in [0.1, 0.15) is 0 Å². The lowest BCUT2D eigenvalue weighted by atomic mass is 10.0. The summed E-state index contributed by atoms with van der Waals surface area (Å²) in [5.41, 5.74) is 11.1. The number of hydrogen-bond donors (Lipinski definition) is 1. The van der Waals surface area contributed by atoms with E-state index in [2.05, 4.69) is 29.9 Å². The van der Waals surface area contributed by atoms with Crippen molar-refractivity contribution in [1.29, 1.82) is 0 Å². The van der Waals surface area contributed by atoms with E-state index in [-0.39, 0.29) is 0 Å². The van der Waals surface area contributed by atoms with Gasteiger partial charge in [0, 0.05) is 35.0 Å². The normalized spacial score (nSPS) is 10.5. The van der Waals surface area contributed by atoms with E-state index in [1.807, 2.05) is 18.3 Å². The molecule has 2 aromatic heterocycles. The third-order valence-corrected chi connectivity index (χ3v) is 2.86. The van der Waals surface area contributed by atoms with Crippen molar-refractivity contribution in [3.05, 3.63) is 42.0 Å². The summed E-state index contributed by atoms with van der Waals surface area (Å²) in [4.78, 5) is 8.70. The summed E-state index contributed by atoms with van der Waals surface area (Å²) in [6, 6.07) is 5.93. The van der Waals surface area contributed by atoms with Crippen LogP contribution in [0.3, 0.4) is 0 Å². The SMILES string of the molecule is CCc1cc(-c2c(N)ccnc2CC)ccn1. The standard InChI is InChI=1S/C14H17N3/c1-3-11-9-10(5-7-16-11)14-12(15)6-8-17-13(14)4-2/h5-9H,3-4H2,1-2H3,(H2,15,17). The Hall–Kier alpha value is -1.90. The molecular weight excluding hydrogens is 210 g/mol. The minimum absolute atomic E-state index is 0.783. The molecule has 0 spiro atoms. The molecule has 2 heterocycles. The highest BCUT2D eigenvalue weighted by molar-refractivity contribution is 5.78. The molecule has 0 aromatic carbocycles. The van der Waals surface area contributed by atoms with Crippen molar-refractivity contribution in [3.8, 4) is 11.1 Å². The van der Waals surface area contributed by atoms with Crippen LogP contribution in [0.2, 0.25) is 0 Å². The van der Waals surface area contributed by atoms with Crippen LogP contribution in [0.5, 0.6) is 0 Å². The van der Waals surface area contributed by atoms with Gasteiger partial charge >= 0.3 is 0 Å². The molecule has 88 valence electrons. The molecule has 0 saturated carbocycles. The van der Waals surface area contributed by atoms with Crippen LogP contribution in [0, 0.1) is 0 Å². The Morgan fingerprint density at radius 2 is 1.82 bits per heavy atom. The fourth-order valence-electron chi connectivity index (χ4n) is 1.95. The molecule has 0 amide bonds. The predicted octanol–water partition coefficient (Wildman–Crippen LogP) is 2.85. The maximum absolute atomic E-state index is 6.06. The van der Waals surface area contributed by atoms with E-state index in [0.717, 1.165) is 41.0 Å². The summed E-state index contributed by atoms with van der Waals surface area (Å²) in [6.07, 6.45) is 5.40. The van der Waals surface area contributed by atoms with E-state index in [9.17, 15) is 0 Å². The minimum atomic E-state index is 0.783. The van der Waals surface area contributed by atoms with Gasteiger partial charge in [-0.2, -0.15) is 0 Å². The summed E-state index contributed by atoms with van der Waals surface area (Å²) in [7, 11) is 0. The Morgan fingerprint density at radius 1 is 1.06 bits per heavy atom. The van der Waals surface area contributed by atoms with Crippen molar-refractivity contribution in [2.75, 3.05) is 5.73 Å². The number of pyridine rings is 2. The number of nitrogens with two attached hydrogens (primary N) is 1. The lowest BCUT2D eigenvalue weighted by Gasteiger charge is -2.10. The van der Waals surface area contributed by atoms with Crippen molar-refractivity contribution in [2.45, 2.75) is 26.7 Å². The molecule has 0 aliphatic rings. The van der Waals surface area contributed by atoms with Crippen LogP contribution >= 0.6 is 0 Å². The molecule has 2 aromatic rings. The average Bonchev–Trinajstić information content (AvgIpc) is 2.38. The highest BCUT2D eigenvalue weighted by Gasteiger charge is 2.09. The van der Waals surface area contributed by atoms with Crippen molar-refractivity contribution in [1.82, 2.24) is 9.97 Å². The third kappa shape index (κ3) is 2.28. The van der Waals surface area contributed by atoms with Crippen LogP contribution < -0.4 is 5.73 Å². The van der Waals surface area contributed by atoms with E-state index >= 15 is 0 Å². The van der Waals surface area contributed by atoms with Crippen molar-refractivity contribution in [2.24, 2.45) is 0 Å². The first-order valence-corrected chi connectivity index (χ1v) is 5.94. The fraction of sp³-hybridized carbons (Fsp3) is 0.286. The van der Waals surface area contributed by atoms with Gasteiger partial charge in [0.2, 0.25) is 0 Å². The van der Waals surface area contributed by atoms with Crippen LogP contribution in [-0.2, 0) is 12.8 Å². The van der Waals surface area contributed by atoms with Gasteiger partial charge in [-0.25, -0.2) is 0 Å². The van der Waals surface area contributed by atoms with Gasteiger partial charge < -0.3 is 5.73 Å². The molecule has 17 heavy (non-hydrogen) atoms. The van der Waals surface area contributed by atoms with Gasteiger partial charge in [-0.1, -0.05) is 13.8 Å². The van der Waals surface area contributed by atoms with Crippen LogP contribution in [0.15, 0.2) is 30.6 Å². The number of hydrogen-bond acceptors (Lipinski definition) is 3. The Bertz CT molecular complexity index is 521. The maximum Gasteiger partial charge on any atom is 0.0499 e. The van der Waals surface area contributed by atoms with Crippen LogP contribution in [0.4, 0.5) is 5.69 Å². The molecule has 2 N–H and O–H groups in total. The largest absolute Gasteiger partial charge is 0.398 e. The van der Waals surface area contributed by atoms with Gasteiger partial charge in [0.05, 0.1) is 0 Å². The van der Waals surface area contributed by atoms with Crippen LogP contribution in [-0.4, -0.2) is 9.97 Å². The highest BCUT2D eigenvalue weighted by Crippen LogP contribution is 2.28. The van der Waals surface area contributed by atoms with Crippen molar-refractivity contribution >= 4 is 5.69 Å². The minimum Gasteiger partial charge on any atom is -0.398 e. The van der Waals surface area contributed by atoms with Crippen molar-refractivity contribution < 1.29 is 0 Å². The molecule has 0 unspecified atom stereocenters. The molecule has 0 saturated heterocycles. The summed E-state index contributed by atoms with van der Waals surface area (Å²) >= 11 is 0. The van der Waals surface area contributed by atoms with Crippen LogP contribution in [0.25, 0.3) is 11.1 Å². The average molecular weight is 227 g/mol. The zero-order valence-corrected chi connectivity index (χ0v) is 10.3. The quantitative estimate of drug-likeness (QED) is 0.877. The van der Waals surface area contributed by atoms with E-state index in [4.69, 9.17) is 5.73 Å². The molecule has 0 aliphatic heterocycles. The topological polar surface area (TPSA) is 51.8 Å². The number of nitrogen functional groups attached to an aromatic ring is 1.